The van der Waals surface area contributed by atoms with Gasteiger partial charge in [-0.25, -0.2) is 0 Å². The van der Waals surface area contributed by atoms with E-state index < -0.39 is 0 Å². The predicted molar refractivity (Wildman–Crippen MR) is 56.7 cm³/mol. The van der Waals surface area contributed by atoms with E-state index in [1.165, 1.54) is 5.56 Å². The molecule has 3 aliphatic rings. The van der Waals surface area contributed by atoms with Crippen LogP contribution in [0.2, 0.25) is 0 Å². The molecular formula is C13H14O2. The minimum atomic E-state index is -0.173. The quantitative estimate of drug-likeness (QED) is 0.685. The summed E-state index contributed by atoms with van der Waals surface area (Å²) in [6.07, 6.45) is 3.02. The Hall–Kier alpha value is -1.15. The number of ether oxygens (including phenoxy) is 1. The largest absolute Gasteiger partial charge is 0.379 e. The van der Waals surface area contributed by atoms with E-state index in [1.807, 2.05) is 6.07 Å². The maximum absolute atomic E-state index is 11.0. The minimum Gasteiger partial charge on any atom is -0.379 e. The van der Waals surface area contributed by atoms with E-state index in [4.69, 9.17) is 4.74 Å². The Kier molecular flexibility index (Phi) is 1.77. The molecule has 4 rings (SSSR count). The molecule has 3 fully saturated rings. The van der Waals surface area contributed by atoms with Crippen molar-refractivity contribution in [1.82, 2.24) is 0 Å². The fraction of sp³-hybridized carbons (Fsp3) is 0.462. The summed E-state index contributed by atoms with van der Waals surface area (Å²) in [5.74, 6) is 0. The summed E-state index contributed by atoms with van der Waals surface area (Å²) in [6.45, 7) is 1.39. The highest BCUT2D eigenvalue weighted by molar-refractivity contribution is 5.64. The summed E-state index contributed by atoms with van der Waals surface area (Å²) in [6, 6.07) is 10.4. The van der Waals surface area contributed by atoms with Crippen LogP contribution in [0.3, 0.4) is 0 Å². The summed E-state index contributed by atoms with van der Waals surface area (Å²) in [7, 11) is 0. The third-order valence-electron chi connectivity index (χ3n) is 3.78. The van der Waals surface area contributed by atoms with Crippen LogP contribution in [0.4, 0.5) is 0 Å². The number of fused-ring (bicyclic) bond motifs is 2. The van der Waals surface area contributed by atoms with E-state index in [0.717, 1.165) is 25.7 Å². The molecule has 2 nitrogen and oxygen atoms in total. The van der Waals surface area contributed by atoms with Crippen LogP contribution in [0.15, 0.2) is 30.3 Å². The van der Waals surface area contributed by atoms with Crippen molar-refractivity contribution in [1.29, 1.82) is 0 Å². The molecule has 1 aromatic rings. The number of aldehydes is 1. The molecular weight excluding hydrogens is 188 g/mol. The molecule has 0 amide bonds. The van der Waals surface area contributed by atoms with Crippen molar-refractivity contribution in [3.05, 3.63) is 35.9 Å². The van der Waals surface area contributed by atoms with Gasteiger partial charge in [-0.3, -0.25) is 0 Å². The average molecular weight is 202 g/mol. The molecule has 0 atom stereocenters. The lowest BCUT2D eigenvalue weighted by Gasteiger charge is -2.57. The second-order valence-electron chi connectivity index (χ2n) is 4.97. The smallest absolute Gasteiger partial charge is 0.128 e. The Morgan fingerprint density at radius 1 is 1.13 bits per heavy atom. The first-order chi connectivity index (χ1) is 7.29. The standard InChI is InChI=1S/C13H14O2/c14-8-12-6-13(7-12,10-15-9-12)11-4-2-1-3-5-11/h1-5,8H,6-7,9-10H2. The lowest BCUT2D eigenvalue weighted by Crippen LogP contribution is -2.60. The number of hydrogen-bond acceptors (Lipinski definition) is 2. The first-order valence-corrected chi connectivity index (χ1v) is 5.38. The Bertz CT molecular complexity index is 377. The molecule has 2 saturated heterocycles. The topological polar surface area (TPSA) is 26.3 Å². The van der Waals surface area contributed by atoms with Crippen molar-refractivity contribution < 1.29 is 9.53 Å². The van der Waals surface area contributed by atoms with Crippen LogP contribution in [0.1, 0.15) is 18.4 Å². The third-order valence-corrected chi connectivity index (χ3v) is 3.78. The lowest BCUT2D eigenvalue weighted by atomic mass is 9.50. The highest BCUT2D eigenvalue weighted by Gasteiger charge is 2.58. The molecule has 2 heteroatoms. The molecule has 1 saturated carbocycles. The maximum Gasteiger partial charge on any atom is 0.128 e. The number of carbonyl (C=O) groups is 1. The van der Waals surface area contributed by atoms with Crippen LogP contribution in [0.25, 0.3) is 0 Å². The molecule has 78 valence electrons. The van der Waals surface area contributed by atoms with Gasteiger partial charge in [0.05, 0.1) is 18.6 Å². The van der Waals surface area contributed by atoms with E-state index >= 15 is 0 Å². The summed E-state index contributed by atoms with van der Waals surface area (Å²) < 4.78 is 5.55. The predicted octanol–water partition coefficient (Wildman–Crippen LogP) is 1.93. The van der Waals surface area contributed by atoms with Crippen LogP contribution in [0.5, 0.6) is 0 Å². The highest BCUT2D eigenvalue weighted by atomic mass is 16.5. The second kappa shape index (κ2) is 2.92. The zero-order valence-corrected chi connectivity index (χ0v) is 8.61. The van der Waals surface area contributed by atoms with Crippen LogP contribution in [-0.2, 0) is 14.9 Å². The fourth-order valence-corrected chi connectivity index (χ4v) is 3.15. The SMILES string of the molecule is O=CC12COCC(c3ccccc3)(C1)C2. The van der Waals surface area contributed by atoms with Gasteiger partial charge in [-0.2, -0.15) is 0 Å². The van der Waals surface area contributed by atoms with E-state index in [-0.39, 0.29) is 10.8 Å². The first kappa shape index (κ1) is 9.10. The van der Waals surface area contributed by atoms with Crippen molar-refractivity contribution in [3.8, 4) is 0 Å². The third kappa shape index (κ3) is 1.18. The van der Waals surface area contributed by atoms with Gasteiger partial charge >= 0.3 is 0 Å². The van der Waals surface area contributed by atoms with E-state index in [0.29, 0.717) is 6.61 Å². The molecule has 2 aliphatic heterocycles. The van der Waals surface area contributed by atoms with Crippen LogP contribution >= 0.6 is 0 Å². The lowest BCUT2D eigenvalue weighted by molar-refractivity contribution is -0.162. The van der Waals surface area contributed by atoms with E-state index in [1.54, 1.807) is 0 Å². The van der Waals surface area contributed by atoms with Crippen LogP contribution < -0.4 is 0 Å². The number of rotatable bonds is 2. The first-order valence-electron chi connectivity index (χ1n) is 5.38. The van der Waals surface area contributed by atoms with Gasteiger partial charge in [-0.15, -0.1) is 0 Å². The van der Waals surface area contributed by atoms with Gasteiger partial charge in [0.25, 0.3) is 0 Å². The molecule has 2 heterocycles. The molecule has 0 N–H and O–H groups in total. The van der Waals surface area contributed by atoms with Crippen molar-refractivity contribution in [3.63, 3.8) is 0 Å². The van der Waals surface area contributed by atoms with Gasteiger partial charge in [0.1, 0.15) is 6.29 Å². The van der Waals surface area contributed by atoms with Crippen molar-refractivity contribution in [2.24, 2.45) is 5.41 Å². The van der Waals surface area contributed by atoms with Gasteiger partial charge in [-0.05, 0) is 18.4 Å². The van der Waals surface area contributed by atoms with Gasteiger partial charge in [0.2, 0.25) is 0 Å². The Balaban J connectivity index is 1.92. The van der Waals surface area contributed by atoms with E-state index in [2.05, 4.69) is 24.3 Å². The summed E-state index contributed by atoms with van der Waals surface area (Å²) in [5.41, 5.74) is 1.27. The number of carbonyl (C=O) groups excluding carboxylic acids is 1. The number of benzene rings is 1. The summed E-state index contributed by atoms with van der Waals surface area (Å²) in [4.78, 5) is 11.0. The van der Waals surface area contributed by atoms with Crippen LogP contribution in [0, 0.1) is 5.41 Å². The maximum atomic E-state index is 11.0. The fourth-order valence-electron chi connectivity index (χ4n) is 3.15. The Morgan fingerprint density at radius 2 is 1.87 bits per heavy atom. The molecule has 1 aliphatic carbocycles. The molecule has 0 aromatic heterocycles. The Labute approximate surface area is 89.2 Å². The molecule has 2 bridgehead atoms. The summed E-state index contributed by atoms with van der Waals surface area (Å²) >= 11 is 0. The highest BCUT2D eigenvalue weighted by Crippen LogP contribution is 2.57. The monoisotopic (exact) mass is 202 g/mol. The minimum absolute atomic E-state index is 0.125. The normalized spacial score (nSPS) is 38.1. The molecule has 0 radical (unpaired) electrons. The van der Waals surface area contributed by atoms with Gasteiger partial charge in [0.15, 0.2) is 0 Å². The van der Waals surface area contributed by atoms with Gasteiger partial charge < -0.3 is 9.53 Å². The zero-order chi connectivity index (χ0) is 10.4. The second-order valence-corrected chi connectivity index (χ2v) is 4.97. The van der Waals surface area contributed by atoms with Crippen molar-refractivity contribution in [2.45, 2.75) is 18.3 Å². The van der Waals surface area contributed by atoms with Gasteiger partial charge in [-0.1, -0.05) is 30.3 Å². The van der Waals surface area contributed by atoms with Crippen molar-refractivity contribution >= 4 is 6.29 Å². The van der Waals surface area contributed by atoms with E-state index in [9.17, 15) is 4.79 Å². The van der Waals surface area contributed by atoms with Gasteiger partial charge in [0, 0.05) is 5.41 Å². The summed E-state index contributed by atoms with van der Waals surface area (Å²) in [5, 5.41) is 0. The number of hydrogen-bond donors (Lipinski definition) is 0. The molecule has 1 aromatic carbocycles. The molecule has 0 unspecified atom stereocenters. The molecule has 0 spiro atoms. The van der Waals surface area contributed by atoms with Crippen LogP contribution in [-0.4, -0.2) is 19.5 Å². The zero-order valence-electron chi connectivity index (χ0n) is 8.61. The Morgan fingerprint density at radius 3 is 2.53 bits per heavy atom. The molecule has 15 heavy (non-hydrogen) atoms. The average Bonchev–Trinajstić information content (AvgIpc) is 2.29. The van der Waals surface area contributed by atoms with Crippen molar-refractivity contribution in [2.75, 3.05) is 13.2 Å².